The molecule has 30 heavy (non-hydrogen) atoms. The predicted octanol–water partition coefficient (Wildman–Crippen LogP) is 5.11. The number of aryl methyl sites for hydroxylation is 3. The Balaban J connectivity index is 1.73. The molecule has 2 N–H and O–H groups in total. The van der Waals surface area contributed by atoms with Crippen molar-refractivity contribution in [3.05, 3.63) is 70.0 Å². The van der Waals surface area contributed by atoms with Crippen LogP contribution in [0.2, 0.25) is 0 Å². The Bertz CT molecular complexity index is 1270. The number of hydrogen-bond acceptors (Lipinski definition) is 4. The molecule has 0 saturated carbocycles. The Kier molecular flexibility index (Phi) is 5.08. The van der Waals surface area contributed by atoms with Crippen molar-refractivity contribution in [2.75, 3.05) is 6.61 Å². The number of benzene rings is 2. The van der Waals surface area contributed by atoms with Gasteiger partial charge in [0.05, 0.1) is 6.61 Å². The molecule has 0 radical (unpaired) electrons. The van der Waals surface area contributed by atoms with Gasteiger partial charge in [0, 0.05) is 21.8 Å². The summed E-state index contributed by atoms with van der Waals surface area (Å²) < 4.78 is 10.7. The van der Waals surface area contributed by atoms with Crippen molar-refractivity contribution in [1.29, 1.82) is 0 Å². The summed E-state index contributed by atoms with van der Waals surface area (Å²) in [6, 6.07) is 11.5. The lowest BCUT2D eigenvalue weighted by atomic mass is 10.00. The summed E-state index contributed by atoms with van der Waals surface area (Å²) in [5.74, 6) is -0.754. The fourth-order valence-electron chi connectivity index (χ4n) is 4.09. The number of hydrogen-bond donors (Lipinski definition) is 2. The van der Waals surface area contributed by atoms with Crippen molar-refractivity contribution < 1.29 is 19.1 Å². The van der Waals surface area contributed by atoms with Crippen LogP contribution in [0.25, 0.3) is 21.8 Å². The first-order chi connectivity index (χ1) is 14.4. The van der Waals surface area contributed by atoms with Gasteiger partial charge in [-0.05, 0) is 56.0 Å². The Labute approximate surface area is 174 Å². The highest BCUT2D eigenvalue weighted by Crippen LogP contribution is 2.34. The molecule has 2 aromatic carbocycles. The number of H-pyrrole nitrogens is 2. The van der Waals surface area contributed by atoms with Crippen LogP contribution in [0.5, 0.6) is 0 Å². The van der Waals surface area contributed by atoms with Gasteiger partial charge in [0.25, 0.3) is 0 Å². The lowest BCUT2D eigenvalue weighted by Gasteiger charge is -2.05. The monoisotopic (exact) mass is 404 g/mol. The molecule has 0 saturated heterocycles. The second-order valence-electron chi connectivity index (χ2n) is 7.38. The highest BCUT2D eigenvalue weighted by molar-refractivity contribution is 6.09. The molecule has 0 fully saturated rings. The minimum atomic E-state index is -0.389. The average molecular weight is 404 g/mol. The number of nitrogens with one attached hydrogen (secondary N) is 2. The van der Waals surface area contributed by atoms with E-state index in [-0.39, 0.29) is 18.5 Å². The zero-order chi connectivity index (χ0) is 21.4. The van der Waals surface area contributed by atoms with Crippen LogP contribution in [0.15, 0.2) is 36.4 Å². The number of aromatic nitrogens is 2. The summed E-state index contributed by atoms with van der Waals surface area (Å²) in [5, 5.41) is 1.93. The molecule has 2 heterocycles. The second kappa shape index (κ2) is 7.71. The highest BCUT2D eigenvalue weighted by atomic mass is 16.5. The molecular weight excluding hydrogens is 380 g/mol. The normalized spacial score (nSPS) is 11.2. The van der Waals surface area contributed by atoms with Gasteiger partial charge in [0.2, 0.25) is 0 Å². The lowest BCUT2D eigenvalue weighted by Crippen LogP contribution is -2.07. The predicted molar refractivity (Wildman–Crippen MR) is 116 cm³/mol. The Morgan fingerprint density at radius 2 is 1.33 bits per heavy atom. The van der Waals surface area contributed by atoms with Crippen LogP contribution >= 0.6 is 0 Å². The van der Waals surface area contributed by atoms with Crippen molar-refractivity contribution in [3.63, 3.8) is 0 Å². The number of rotatable bonds is 5. The van der Waals surface area contributed by atoms with Crippen LogP contribution in [0.1, 0.15) is 50.2 Å². The first-order valence-corrected chi connectivity index (χ1v) is 9.94. The Hall–Kier alpha value is -3.54. The van der Waals surface area contributed by atoms with E-state index in [0.717, 1.165) is 44.1 Å². The molecular formula is C24H24N2O4. The zero-order valence-electron chi connectivity index (χ0n) is 17.5. The van der Waals surface area contributed by atoms with E-state index in [1.807, 2.05) is 57.2 Å². The number of aromatic amines is 2. The minimum absolute atomic E-state index is 0.219. The minimum Gasteiger partial charge on any atom is -0.461 e. The molecule has 4 aromatic rings. The average Bonchev–Trinajstić information content (AvgIpc) is 3.25. The molecule has 4 rings (SSSR count). The molecule has 0 unspecified atom stereocenters. The highest BCUT2D eigenvalue weighted by Gasteiger charge is 2.22. The number of carbonyl (C=O) groups is 2. The van der Waals surface area contributed by atoms with Crippen molar-refractivity contribution in [3.8, 4) is 0 Å². The van der Waals surface area contributed by atoms with Crippen molar-refractivity contribution in [2.24, 2.45) is 0 Å². The van der Waals surface area contributed by atoms with E-state index in [1.165, 1.54) is 0 Å². The molecule has 0 atom stereocenters. The van der Waals surface area contributed by atoms with Crippen LogP contribution in [-0.2, 0) is 16.1 Å². The van der Waals surface area contributed by atoms with Crippen molar-refractivity contribution in [2.45, 2.75) is 34.3 Å². The molecule has 6 nitrogen and oxygen atoms in total. The lowest BCUT2D eigenvalue weighted by molar-refractivity contribution is 0.0464. The fourth-order valence-corrected chi connectivity index (χ4v) is 4.09. The smallest absolute Gasteiger partial charge is 0.355 e. The molecule has 0 bridgehead atoms. The summed E-state index contributed by atoms with van der Waals surface area (Å²) in [6.45, 7) is 8.13. The third-order valence-corrected chi connectivity index (χ3v) is 5.49. The molecule has 0 aliphatic rings. The zero-order valence-corrected chi connectivity index (χ0v) is 17.5. The van der Waals surface area contributed by atoms with E-state index < -0.39 is 0 Å². The maximum absolute atomic E-state index is 12.7. The molecule has 0 aliphatic carbocycles. The van der Waals surface area contributed by atoms with E-state index in [0.29, 0.717) is 18.0 Å². The maximum Gasteiger partial charge on any atom is 0.355 e. The SMILES string of the molecule is CCOC(=O)c1[nH]c2cc3[nH]c(C(=O)OCc4ccccc4)c(C)c3c(C)c2c1C. The van der Waals surface area contributed by atoms with Crippen molar-refractivity contribution >= 4 is 33.7 Å². The first-order valence-electron chi connectivity index (χ1n) is 9.94. The van der Waals surface area contributed by atoms with E-state index >= 15 is 0 Å². The molecule has 0 amide bonds. The number of ether oxygens (including phenoxy) is 2. The summed E-state index contributed by atoms with van der Waals surface area (Å²) in [6.07, 6.45) is 0. The quantitative estimate of drug-likeness (QED) is 0.453. The Morgan fingerprint density at radius 1 is 0.800 bits per heavy atom. The van der Waals surface area contributed by atoms with Gasteiger partial charge in [-0.2, -0.15) is 0 Å². The van der Waals surface area contributed by atoms with Crippen LogP contribution in [0.4, 0.5) is 0 Å². The number of carbonyl (C=O) groups excluding carboxylic acids is 2. The van der Waals surface area contributed by atoms with Gasteiger partial charge < -0.3 is 19.4 Å². The third-order valence-electron chi connectivity index (χ3n) is 5.49. The van der Waals surface area contributed by atoms with Gasteiger partial charge in [-0.3, -0.25) is 0 Å². The first kappa shape index (κ1) is 19.8. The summed E-state index contributed by atoms with van der Waals surface area (Å²) in [4.78, 5) is 31.3. The summed E-state index contributed by atoms with van der Waals surface area (Å²) in [5.41, 5.74) is 6.17. The summed E-state index contributed by atoms with van der Waals surface area (Å²) in [7, 11) is 0. The van der Waals surface area contributed by atoms with Crippen LogP contribution in [0, 0.1) is 20.8 Å². The third kappa shape index (κ3) is 3.24. The Morgan fingerprint density at radius 3 is 1.87 bits per heavy atom. The van der Waals surface area contributed by atoms with Gasteiger partial charge >= 0.3 is 11.9 Å². The fraction of sp³-hybridized carbons (Fsp3) is 0.250. The standard InChI is InChI=1S/C24H24N2O4/c1-5-29-23(27)21-14(3)19-13(2)20-15(4)22(26-18(20)11-17(19)25-21)24(28)30-12-16-9-7-6-8-10-16/h6-11,25-26H,5,12H2,1-4H3. The van der Waals surface area contributed by atoms with Crippen LogP contribution < -0.4 is 0 Å². The maximum atomic E-state index is 12.7. The van der Waals surface area contributed by atoms with Crippen molar-refractivity contribution in [1.82, 2.24) is 9.97 Å². The van der Waals surface area contributed by atoms with Gasteiger partial charge in [0.15, 0.2) is 0 Å². The largest absolute Gasteiger partial charge is 0.461 e. The molecule has 2 aromatic heterocycles. The molecule has 0 aliphatic heterocycles. The number of fused-ring (bicyclic) bond motifs is 2. The van der Waals surface area contributed by atoms with Gasteiger partial charge in [-0.15, -0.1) is 0 Å². The van der Waals surface area contributed by atoms with Gasteiger partial charge in [-0.1, -0.05) is 30.3 Å². The van der Waals surface area contributed by atoms with Gasteiger partial charge in [0.1, 0.15) is 18.0 Å². The topological polar surface area (TPSA) is 84.2 Å². The molecule has 154 valence electrons. The van der Waals surface area contributed by atoms with E-state index in [2.05, 4.69) is 9.97 Å². The van der Waals surface area contributed by atoms with Crippen LogP contribution in [-0.4, -0.2) is 28.5 Å². The van der Waals surface area contributed by atoms with E-state index in [4.69, 9.17) is 9.47 Å². The molecule has 6 heteroatoms. The summed E-state index contributed by atoms with van der Waals surface area (Å²) >= 11 is 0. The van der Waals surface area contributed by atoms with Crippen LogP contribution in [0.3, 0.4) is 0 Å². The number of esters is 2. The molecule has 0 spiro atoms. The van der Waals surface area contributed by atoms with E-state index in [9.17, 15) is 9.59 Å². The van der Waals surface area contributed by atoms with E-state index in [1.54, 1.807) is 6.92 Å². The second-order valence-corrected chi connectivity index (χ2v) is 7.38. The van der Waals surface area contributed by atoms with Gasteiger partial charge in [-0.25, -0.2) is 9.59 Å².